The van der Waals surface area contributed by atoms with E-state index >= 15 is 0 Å². The van der Waals surface area contributed by atoms with Crippen molar-refractivity contribution in [3.05, 3.63) is 77.1 Å². The SMILES string of the molecule is C/C(=N\NC(=O)c1nnn(-c2nonc2N)c1CSc1ccccc1)c1ccc(C)cc1. The summed E-state index contributed by atoms with van der Waals surface area (Å²) in [6.45, 7) is 3.82. The number of anilines is 1. The number of thioether (sulfide) groups is 1. The monoisotopic (exact) mass is 448 g/mol. The molecule has 4 aromatic rings. The van der Waals surface area contributed by atoms with Crippen molar-refractivity contribution < 1.29 is 9.42 Å². The van der Waals surface area contributed by atoms with Crippen molar-refractivity contribution in [1.82, 2.24) is 30.7 Å². The molecule has 0 aliphatic rings. The van der Waals surface area contributed by atoms with Gasteiger partial charge in [-0.2, -0.15) is 9.78 Å². The van der Waals surface area contributed by atoms with Gasteiger partial charge in [0.05, 0.1) is 11.4 Å². The number of nitrogens with one attached hydrogen (secondary N) is 1. The second-order valence-corrected chi connectivity index (χ2v) is 7.92. The lowest BCUT2D eigenvalue weighted by molar-refractivity contribution is 0.0949. The van der Waals surface area contributed by atoms with Gasteiger partial charge < -0.3 is 5.73 Å². The minimum absolute atomic E-state index is 0.0426. The van der Waals surface area contributed by atoms with Crippen LogP contribution in [0.5, 0.6) is 0 Å². The third kappa shape index (κ3) is 4.67. The number of hydrogen-bond donors (Lipinski definition) is 2. The summed E-state index contributed by atoms with van der Waals surface area (Å²) in [6, 6.07) is 17.6. The first kappa shape index (κ1) is 21.2. The number of hydrazone groups is 1. The van der Waals surface area contributed by atoms with Gasteiger partial charge in [0, 0.05) is 10.6 Å². The number of nitrogens with two attached hydrogens (primary N) is 1. The maximum Gasteiger partial charge on any atom is 0.293 e. The van der Waals surface area contributed by atoms with Crippen molar-refractivity contribution >= 4 is 29.2 Å². The van der Waals surface area contributed by atoms with E-state index in [1.807, 2.05) is 68.4 Å². The molecule has 10 nitrogen and oxygen atoms in total. The molecular formula is C21H20N8O2S. The number of aromatic nitrogens is 5. The van der Waals surface area contributed by atoms with E-state index in [9.17, 15) is 4.79 Å². The zero-order chi connectivity index (χ0) is 22.5. The molecule has 4 rings (SSSR count). The molecule has 32 heavy (non-hydrogen) atoms. The predicted octanol–water partition coefficient (Wildman–Crippen LogP) is 2.99. The average molecular weight is 449 g/mol. The van der Waals surface area contributed by atoms with Crippen LogP contribution >= 0.6 is 11.8 Å². The Morgan fingerprint density at radius 1 is 1.16 bits per heavy atom. The first-order valence-electron chi connectivity index (χ1n) is 9.65. The van der Waals surface area contributed by atoms with Gasteiger partial charge in [0.15, 0.2) is 5.69 Å². The smallest absolute Gasteiger partial charge is 0.293 e. The maximum atomic E-state index is 12.9. The number of carbonyl (C=O) groups excluding carboxylic acids is 1. The molecule has 0 unspecified atom stereocenters. The minimum atomic E-state index is -0.499. The van der Waals surface area contributed by atoms with Crippen LogP contribution in [-0.4, -0.2) is 36.9 Å². The number of rotatable bonds is 7. The van der Waals surface area contributed by atoms with Crippen LogP contribution in [0.15, 0.2) is 69.2 Å². The van der Waals surface area contributed by atoms with Crippen LogP contribution in [-0.2, 0) is 5.75 Å². The quantitative estimate of drug-likeness (QED) is 0.250. The lowest BCUT2D eigenvalue weighted by Crippen LogP contribution is -2.21. The van der Waals surface area contributed by atoms with Crippen LogP contribution in [0.25, 0.3) is 5.82 Å². The molecule has 3 N–H and O–H groups in total. The van der Waals surface area contributed by atoms with E-state index in [4.69, 9.17) is 5.73 Å². The Morgan fingerprint density at radius 2 is 1.91 bits per heavy atom. The van der Waals surface area contributed by atoms with Crippen LogP contribution < -0.4 is 11.2 Å². The fourth-order valence-electron chi connectivity index (χ4n) is 2.83. The number of aryl methyl sites for hydroxylation is 1. The van der Waals surface area contributed by atoms with Crippen LogP contribution in [0, 0.1) is 6.92 Å². The number of carbonyl (C=O) groups is 1. The number of amides is 1. The van der Waals surface area contributed by atoms with E-state index in [0.717, 1.165) is 16.0 Å². The molecule has 0 bridgehead atoms. The molecule has 1 amide bonds. The van der Waals surface area contributed by atoms with Gasteiger partial charge in [-0.05, 0) is 41.9 Å². The van der Waals surface area contributed by atoms with E-state index in [0.29, 0.717) is 17.2 Å². The third-order valence-corrected chi connectivity index (χ3v) is 5.61. The number of nitrogen functional groups attached to an aromatic ring is 1. The molecule has 0 saturated heterocycles. The molecule has 0 spiro atoms. The van der Waals surface area contributed by atoms with Crippen LogP contribution in [0.3, 0.4) is 0 Å². The Bertz CT molecular complexity index is 1250. The van der Waals surface area contributed by atoms with Gasteiger partial charge in [0.25, 0.3) is 5.91 Å². The molecule has 0 radical (unpaired) electrons. The summed E-state index contributed by atoms with van der Waals surface area (Å²) in [5.74, 6) is 0.0919. The molecule has 0 saturated carbocycles. The summed E-state index contributed by atoms with van der Waals surface area (Å²) in [5, 5.41) is 19.7. The molecule has 2 aromatic carbocycles. The summed E-state index contributed by atoms with van der Waals surface area (Å²) < 4.78 is 6.04. The van der Waals surface area contributed by atoms with Crippen molar-refractivity contribution in [1.29, 1.82) is 0 Å². The highest BCUT2D eigenvalue weighted by atomic mass is 32.2. The van der Waals surface area contributed by atoms with Crippen LogP contribution in [0.2, 0.25) is 0 Å². The zero-order valence-electron chi connectivity index (χ0n) is 17.4. The van der Waals surface area contributed by atoms with Crippen LogP contribution in [0.4, 0.5) is 5.82 Å². The highest BCUT2D eigenvalue weighted by molar-refractivity contribution is 7.98. The topological polar surface area (TPSA) is 137 Å². The van der Waals surface area contributed by atoms with Crippen molar-refractivity contribution in [2.24, 2.45) is 5.10 Å². The summed E-state index contributed by atoms with van der Waals surface area (Å²) >= 11 is 1.51. The molecule has 0 fully saturated rings. The summed E-state index contributed by atoms with van der Waals surface area (Å²) in [5.41, 5.74) is 11.7. The molecule has 0 aliphatic heterocycles. The fourth-order valence-corrected chi connectivity index (χ4v) is 3.74. The number of benzene rings is 2. The molecule has 11 heteroatoms. The fraction of sp³-hybridized carbons (Fsp3) is 0.143. The van der Waals surface area contributed by atoms with Crippen molar-refractivity contribution in [2.45, 2.75) is 24.5 Å². The molecule has 2 aromatic heterocycles. The first-order valence-corrected chi connectivity index (χ1v) is 10.6. The van der Waals surface area contributed by atoms with E-state index in [2.05, 4.69) is 35.8 Å². The van der Waals surface area contributed by atoms with Gasteiger partial charge in [-0.25, -0.2) is 10.1 Å². The lowest BCUT2D eigenvalue weighted by atomic mass is 10.1. The third-order valence-electron chi connectivity index (χ3n) is 4.59. The highest BCUT2D eigenvalue weighted by Gasteiger charge is 2.24. The Hall–Kier alpha value is -3.99. The first-order chi connectivity index (χ1) is 15.5. The number of nitrogens with zero attached hydrogens (tertiary/aromatic N) is 6. The van der Waals surface area contributed by atoms with Gasteiger partial charge in [0.2, 0.25) is 11.6 Å². The van der Waals surface area contributed by atoms with Crippen molar-refractivity contribution in [2.75, 3.05) is 5.73 Å². The van der Waals surface area contributed by atoms with Gasteiger partial charge in [0.1, 0.15) is 0 Å². The standard InChI is InChI=1S/C21H20N8O2S/c1-13-8-10-15(11-9-13)14(2)23-25-21(30)18-17(12-32-16-6-4-3-5-7-16)29(28-24-18)20-19(22)26-31-27-20/h3-11H,12H2,1-2H3,(H2,22,26)(H,25,30)/b23-14+. The normalized spacial score (nSPS) is 11.5. The van der Waals surface area contributed by atoms with Gasteiger partial charge in [-0.15, -0.1) is 16.9 Å². The molecule has 0 atom stereocenters. The highest BCUT2D eigenvalue weighted by Crippen LogP contribution is 2.25. The zero-order valence-corrected chi connectivity index (χ0v) is 18.2. The second kappa shape index (κ2) is 9.43. The van der Waals surface area contributed by atoms with E-state index in [1.54, 1.807) is 0 Å². The summed E-state index contributed by atoms with van der Waals surface area (Å²) in [6.07, 6.45) is 0. The molecule has 2 heterocycles. The summed E-state index contributed by atoms with van der Waals surface area (Å²) in [4.78, 5) is 13.9. The largest absolute Gasteiger partial charge is 0.378 e. The average Bonchev–Trinajstić information content (AvgIpc) is 3.42. The predicted molar refractivity (Wildman–Crippen MR) is 120 cm³/mol. The van der Waals surface area contributed by atoms with E-state index in [1.165, 1.54) is 16.4 Å². The van der Waals surface area contributed by atoms with Crippen molar-refractivity contribution in [3.63, 3.8) is 0 Å². The van der Waals surface area contributed by atoms with E-state index in [-0.39, 0.29) is 17.3 Å². The Kier molecular flexibility index (Phi) is 6.26. The molecule has 0 aliphatic carbocycles. The molecular weight excluding hydrogens is 428 g/mol. The Morgan fingerprint density at radius 3 is 2.59 bits per heavy atom. The Labute approximate surface area is 187 Å². The van der Waals surface area contributed by atoms with Crippen LogP contribution in [0.1, 0.15) is 34.2 Å². The number of hydrogen-bond acceptors (Lipinski definition) is 9. The van der Waals surface area contributed by atoms with E-state index < -0.39 is 5.91 Å². The Balaban J connectivity index is 1.60. The maximum absolute atomic E-state index is 12.9. The van der Waals surface area contributed by atoms with Gasteiger partial charge in [-0.1, -0.05) is 53.2 Å². The lowest BCUT2D eigenvalue weighted by Gasteiger charge is -2.06. The molecule has 162 valence electrons. The van der Waals surface area contributed by atoms with Gasteiger partial charge in [-0.3, -0.25) is 4.79 Å². The second-order valence-electron chi connectivity index (χ2n) is 6.88. The van der Waals surface area contributed by atoms with Crippen molar-refractivity contribution in [3.8, 4) is 5.82 Å². The van der Waals surface area contributed by atoms with Gasteiger partial charge >= 0.3 is 0 Å². The summed E-state index contributed by atoms with van der Waals surface area (Å²) in [7, 11) is 0. The minimum Gasteiger partial charge on any atom is -0.378 e.